The van der Waals surface area contributed by atoms with E-state index in [1.165, 1.54) is 15.6 Å². The second-order valence-electron chi connectivity index (χ2n) is 8.70. The molecule has 0 radical (unpaired) electrons. The van der Waals surface area contributed by atoms with Crippen molar-refractivity contribution in [1.82, 2.24) is 14.2 Å². The number of fused-ring (bicyclic) bond motifs is 1. The Kier molecular flexibility index (Phi) is 6.37. The Labute approximate surface area is 202 Å². The van der Waals surface area contributed by atoms with Gasteiger partial charge in [0.2, 0.25) is 21.8 Å². The fourth-order valence-electron chi connectivity index (χ4n) is 4.83. The summed E-state index contributed by atoms with van der Waals surface area (Å²) >= 11 is 1.34. The molecule has 0 aliphatic carbocycles. The average Bonchev–Trinajstić information content (AvgIpc) is 3.56. The molecule has 2 aliphatic rings. The lowest BCUT2D eigenvalue weighted by atomic mass is 9.96. The highest BCUT2D eigenvalue weighted by atomic mass is 32.2. The third-order valence-corrected chi connectivity index (χ3v) is 9.25. The first-order chi connectivity index (χ1) is 16.4. The Morgan fingerprint density at radius 1 is 1.00 bits per heavy atom. The zero-order valence-corrected chi connectivity index (χ0v) is 20.2. The number of nitrogens with one attached hydrogen (secondary N) is 1. The van der Waals surface area contributed by atoms with Gasteiger partial charge < -0.3 is 10.2 Å². The molecular weight excluding hydrogens is 472 g/mol. The number of aromatic nitrogens is 1. The number of carbonyl (C=O) groups excluding carboxylic acids is 2. The Morgan fingerprint density at radius 3 is 2.50 bits per heavy atom. The summed E-state index contributed by atoms with van der Waals surface area (Å²) in [6.45, 7) is 1.12. The molecule has 34 heavy (non-hydrogen) atoms. The van der Waals surface area contributed by atoms with Crippen molar-refractivity contribution in [2.24, 2.45) is 5.92 Å². The Balaban J connectivity index is 1.23. The molecule has 2 amide bonds. The predicted molar refractivity (Wildman–Crippen MR) is 131 cm³/mol. The quantitative estimate of drug-likeness (QED) is 0.582. The minimum absolute atomic E-state index is 0.0560. The number of anilines is 1. The lowest BCUT2D eigenvalue weighted by Crippen LogP contribution is -2.48. The molecule has 2 aliphatic heterocycles. The summed E-state index contributed by atoms with van der Waals surface area (Å²) in [5.41, 5.74) is 0. The maximum absolute atomic E-state index is 13.3. The van der Waals surface area contributed by atoms with E-state index in [9.17, 15) is 18.0 Å². The van der Waals surface area contributed by atoms with Crippen LogP contribution in [0.2, 0.25) is 0 Å². The van der Waals surface area contributed by atoms with Crippen LogP contribution in [-0.2, 0) is 19.6 Å². The van der Waals surface area contributed by atoms with Gasteiger partial charge >= 0.3 is 0 Å². The molecule has 1 N–H and O–H groups in total. The maximum atomic E-state index is 13.3. The van der Waals surface area contributed by atoms with Gasteiger partial charge in [0, 0.05) is 37.1 Å². The van der Waals surface area contributed by atoms with Crippen molar-refractivity contribution < 1.29 is 18.0 Å². The molecule has 10 heteroatoms. The molecule has 2 aromatic carbocycles. The van der Waals surface area contributed by atoms with E-state index in [4.69, 9.17) is 0 Å². The lowest BCUT2D eigenvalue weighted by molar-refractivity contribution is -0.141. The summed E-state index contributed by atoms with van der Waals surface area (Å²) in [5, 5.41) is 6.98. The molecular formula is C24H26N4O4S2. The standard InChI is InChI=1S/C24H26N4O4S2/c29-22(26-24-25-11-15-33-24)21-6-3-12-28(21)23(30)18-9-13-27(14-10-18)34(31,32)20-8-7-17-4-1-2-5-19(17)16-20/h1-2,4-5,7-8,11,15-16,18,21H,3,6,9-10,12-14H2,(H,25,26,29). The fourth-order valence-corrected chi connectivity index (χ4v) is 6.87. The fraction of sp³-hybridized carbons (Fsp3) is 0.375. The summed E-state index contributed by atoms with van der Waals surface area (Å²) < 4.78 is 27.9. The highest BCUT2D eigenvalue weighted by molar-refractivity contribution is 7.89. The van der Waals surface area contributed by atoms with Crippen molar-refractivity contribution in [2.45, 2.75) is 36.6 Å². The van der Waals surface area contributed by atoms with Crippen molar-refractivity contribution in [2.75, 3.05) is 25.0 Å². The summed E-state index contributed by atoms with van der Waals surface area (Å²) in [4.78, 5) is 32.0. The Hall–Kier alpha value is -2.82. The molecule has 3 heterocycles. The van der Waals surface area contributed by atoms with Gasteiger partial charge in [-0.3, -0.25) is 9.59 Å². The van der Waals surface area contributed by atoms with Crippen LogP contribution >= 0.6 is 11.3 Å². The van der Waals surface area contributed by atoms with Gasteiger partial charge in [0.15, 0.2) is 5.13 Å². The number of nitrogens with zero attached hydrogens (tertiary/aromatic N) is 3. The molecule has 2 saturated heterocycles. The molecule has 8 nitrogen and oxygen atoms in total. The number of carbonyl (C=O) groups is 2. The normalized spacial score (nSPS) is 20.0. The van der Waals surface area contributed by atoms with Gasteiger partial charge in [-0.1, -0.05) is 30.3 Å². The smallest absolute Gasteiger partial charge is 0.248 e. The van der Waals surface area contributed by atoms with Gasteiger partial charge in [0.05, 0.1) is 4.90 Å². The zero-order valence-electron chi connectivity index (χ0n) is 18.6. The van der Waals surface area contributed by atoms with Gasteiger partial charge in [0.25, 0.3) is 0 Å². The monoisotopic (exact) mass is 498 g/mol. The highest BCUT2D eigenvalue weighted by Crippen LogP contribution is 2.29. The van der Waals surface area contributed by atoms with Gasteiger partial charge in [0.1, 0.15) is 6.04 Å². The van der Waals surface area contributed by atoms with E-state index < -0.39 is 16.1 Å². The molecule has 1 atom stereocenters. The van der Waals surface area contributed by atoms with E-state index in [0.717, 1.165) is 17.2 Å². The summed E-state index contributed by atoms with van der Waals surface area (Å²) in [5.74, 6) is -0.548. The molecule has 0 saturated carbocycles. The third-order valence-electron chi connectivity index (χ3n) is 6.66. The van der Waals surface area contributed by atoms with E-state index in [0.29, 0.717) is 30.9 Å². The van der Waals surface area contributed by atoms with Crippen LogP contribution in [0, 0.1) is 5.92 Å². The SMILES string of the molecule is O=C(Nc1nccs1)C1CCCN1C(=O)C1CCN(S(=O)(=O)c2ccc3ccccc3c2)CC1. The number of likely N-dealkylation sites (tertiary alicyclic amines) is 1. The average molecular weight is 499 g/mol. The van der Waals surface area contributed by atoms with Crippen LogP contribution in [-0.4, -0.2) is 60.1 Å². The molecule has 0 bridgehead atoms. The molecule has 0 spiro atoms. The first-order valence-corrected chi connectivity index (χ1v) is 13.8. The number of hydrogen-bond donors (Lipinski definition) is 1. The predicted octanol–water partition coefficient (Wildman–Crippen LogP) is 3.33. The highest BCUT2D eigenvalue weighted by Gasteiger charge is 2.39. The lowest BCUT2D eigenvalue weighted by Gasteiger charge is -2.34. The van der Waals surface area contributed by atoms with Crippen molar-refractivity contribution in [1.29, 1.82) is 0 Å². The Bertz CT molecular complexity index is 1300. The third kappa shape index (κ3) is 4.45. The van der Waals surface area contributed by atoms with Crippen molar-refractivity contribution in [3.8, 4) is 0 Å². The minimum atomic E-state index is -3.64. The number of rotatable bonds is 5. The summed E-state index contributed by atoms with van der Waals surface area (Å²) in [7, 11) is -3.64. The molecule has 178 valence electrons. The van der Waals surface area contributed by atoms with Crippen molar-refractivity contribution in [3.63, 3.8) is 0 Å². The largest absolute Gasteiger partial charge is 0.330 e. The van der Waals surface area contributed by atoms with Crippen molar-refractivity contribution >= 4 is 49.1 Å². The number of benzene rings is 2. The van der Waals surface area contributed by atoms with E-state index in [1.54, 1.807) is 28.6 Å². The zero-order chi connectivity index (χ0) is 23.7. The molecule has 2 fully saturated rings. The van der Waals surface area contributed by atoms with E-state index in [1.807, 2.05) is 30.3 Å². The summed E-state index contributed by atoms with van der Waals surface area (Å²) in [6.07, 6.45) is 3.92. The van der Waals surface area contributed by atoms with Crippen LogP contribution in [0.15, 0.2) is 58.9 Å². The van der Waals surface area contributed by atoms with Gasteiger partial charge in [-0.15, -0.1) is 11.3 Å². The number of sulfonamides is 1. The topological polar surface area (TPSA) is 99.7 Å². The molecule has 1 aromatic heterocycles. The van der Waals surface area contributed by atoms with Crippen LogP contribution in [0.4, 0.5) is 5.13 Å². The van der Waals surface area contributed by atoms with Crippen LogP contribution in [0.5, 0.6) is 0 Å². The molecule has 1 unspecified atom stereocenters. The maximum Gasteiger partial charge on any atom is 0.248 e. The number of hydrogen-bond acceptors (Lipinski definition) is 6. The first kappa shape index (κ1) is 22.9. The van der Waals surface area contributed by atoms with E-state index in [2.05, 4.69) is 10.3 Å². The van der Waals surface area contributed by atoms with Crippen LogP contribution in [0.3, 0.4) is 0 Å². The van der Waals surface area contributed by atoms with Crippen LogP contribution < -0.4 is 5.32 Å². The second-order valence-corrected chi connectivity index (χ2v) is 11.5. The molecule has 5 rings (SSSR count). The number of amides is 2. The van der Waals surface area contributed by atoms with Crippen LogP contribution in [0.25, 0.3) is 10.8 Å². The minimum Gasteiger partial charge on any atom is -0.330 e. The number of thiazole rings is 1. The summed E-state index contributed by atoms with van der Waals surface area (Å²) in [6, 6.07) is 12.3. The number of piperidine rings is 1. The van der Waals surface area contributed by atoms with Gasteiger partial charge in [-0.2, -0.15) is 4.31 Å². The van der Waals surface area contributed by atoms with Crippen molar-refractivity contribution in [3.05, 3.63) is 54.0 Å². The first-order valence-electron chi connectivity index (χ1n) is 11.4. The van der Waals surface area contributed by atoms with E-state index >= 15 is 0 Å². The second kappa shape index (κ2) is 9.44. The molecule has 3 aromatic rings. The van der Waals surface area contributed by atoms with Crippen LogP contribution in [0.1, 0.15) is 25.7 Å². The van der Waals surface area contributed by atoms with Gasteiger partial charge in [-0.05, 0) is 48.6 Å². The van der Waals surface area contributed by atoms with Gasteiger partial charge in [-0.25, -0.2) is 13.4 Å². The van der Waals surface area contributed by atoms with E-state index in [-0.39, 0.29) is 35.7 Å². The Morgan fingerprint density at radius 2 is 1.76 bits per heavy atom.